The molecule has 0 unspecified atom stereocenters. The van der Waals surface area contributed by atoms with Gasteiger partial charge in [0.25, 0.3) is 0 Å². The van der Waals surface area contributed by atoms with E-state index in [2.05, 4.69) is 24.3 Å². The summed E-state index contributed by atoms with van der Waals surface area (Å²) in [6.45, 7) is 4.92. The first-order valence-corrected chi connectivity index (χ1v) is 6.63. The van der Waals surface area contributed by atoms with Crippen LogP contribution in [0.3, 0.4) is 0 Å². The van der Waals surface area contributed by atoms with Gasteiger partial charge in [0.15, 0.2) is 11.5 Å². The van der Waals surface area contributed by atoms with Crippen molar-refractivity contribution in [1.29, 1.82) is 0 Å². The summed E-state index contributed by atoms with van der Waals surface area (Å²) in [7, 11) is 3.28. The Morgan fingerprint density at radius 3 is 2.55 bits per heavy atom. The summed E-state index contributed by atoms with van der Waals surface area (Å²) < 4.78 is 12.4. The van der Waals surface area contributed by atoms with Crippen LogP contribution in [0.2, 0.25) is 0 Å². The molecule has 5 heteroatoms. The van der Waals surface area contributed by atoms with E-state index in [0.29, 0.717) is 12.6 Å². The van der Waals surface area contributed by atoms with E-state index < -0.39 is 0 Å². The van der Waals surface area contributed by atoms with Gasteiger partial charge < -0.3 is 14.8 Å². The molecule has 0 radical (unpaired) electrons. The van der Waals surface area contributed by atoms with Gasteiger partial charge in [0.1, 0.15) is 0 Å². The van der Waals surface area contributed by atoms with Gasteiger partial charge in [-0.15, -0.1) is 0 Å². The molecule has 0 aliphatic carbocycles. The van der Waals surface area contributed by atoms with Gasteiger partial charge in [-0.05, 0) is 31.5 Å². The minimum absolute atomic E-state index is 0.367. The first-order valence-electron chi connectivity index (χ1n) is 6.63. The molecule has 0 aliphatic rings. The largest absolute Gasteiger partial charge is 0.493 e. The lowest BCUT2D eigenvalue weighted by molar-refractivity contribution is 0.354. The summed E-state index contributed by atoms with van der Waals surface area (Å²) in [6.07, 6.45) is 3.84. The Kier molecular flexibility index (Phi) is 4.50. The minimum Gasteiger partial charge on any atom is -0.493 e. The molecule has 0 aliphatic heterocycles. The number of hydrogen-bond acceptors (Lipinski definition) is 4. The molecule has 108 valence electrons. The van der Waals surface area contributed by atoms with Gasteiger partial charge in [-0.2, -0.15) is 5.10 Å². The van der Waals surface area contributed by atoms with E-state index >= 15 is 0 Å². The predicted molar refractivity (Wildman–Crippen MR) is 79.5 cm³/mol. The molecule has 0 fully saturated rings. The van der Waals surface area contributed by atoms with Crippen molar-refractivity contribution in [2.45, 2.75) is 26.4 Å². The summed E-state index contributed by atoms with van der Waals surface area (Å²) in [5.74, 6) is 1.48. The molecule has 0 atom stereocenters. The average Bonchev–Trinajstić information content (AvgIpc) is 2.94. The Morgan fingerprint density at radius 2 is 1.95 bits per heavy atom. The van der Waals surface area contributed by atoms with Crippen LogP contribution in [0.25, 0.3) is 0 Å². The Bertz CT molecular complexity index is 564. The van der Waals surface area contributed by atoms with Crippen molar-refractivity contribution < 1.29 is 9.47 Å². The molecule has 20 heavy (non-hydrogen) atoms. The molecule has 1 heterocycles. The number of methoxy groups -OCH3 is 2. The van der Waals surface area contributed by atoms with Crippen LogP contribution in [-0.2, 0) is 6.54 Å². The van der Waals surface area contributed by atoms with E-state index in [0.717, 1.165) is 22.7 Å². The second-order valence-corrected chi connectivity index (χ2v) is 4.85. The van der Waals surface area contributed by atoms with E-state index in [1.54, 1.807) is 14.2 Å². The number of rotatable bonds is 6. The van der Waals surface area contributed by atoms with E-state index in [-0.39, 0.29) is 0 Å². The van der Waals surface area contributed by atoms with E-state index in [9.17, 15) is 0 Å². The molecule has 1 N–H and O–H groups in total. The number of nitrogens with zero attached hydrogens (tertiary/aromatic N) is 2. The topological polar surface area (TPSA) is 48.3 Å². The second kappa shape index (κ2) is 6.32. The lowest BCUT2D eigenvalue weighted by Crippen LogP contribution is -2.01. The van der Waals surface area contributed by atoms with Gasteiger partial charge in [0.2, 0.25) is 0 Å². The van der Waals surface area contributed by atoms with Crippen molar-refractivity contribution in [2.24, 2.45) is 0 Å². The Labute approximate surface area is 119 Å². The van der Waals surface area contributed by atoms with Gasteiger partial charge in [-0.3, -0.25) is 4.68 Å². The lowest BCUT2D eigenvalue weighted by atomic mass is 10.2. The third-order valence-corrected chi connectivity index (χ3v) is 3.08. The zero-order valence-corrected chi connectivity index (χ0v) is 12.4. The van der Waals surface area contributed by atoms with Crippen molar-refractivity contribution in [3.05, 3.63) is 36.2 Å². The smallest absolute Gasteiger partial charge is 0.161 e. The molecular weight excluding hydrogens is 254 g/mol. The first kappa shape index (κ1) is 14.2. The summed E-state index contributed by atoms with van der Waals surface area (Å²) in [4.78, 5) is 0. The Balaban J connectivity index is 2.03. The number of aromatic nitrogens is 2. The van der Waals surface area contributed by atoms with Crippen molar-refractivity contribution in [1.82, 2.24) is 9.78 Å². The summed E-state index contributed by atoms with van der Waals surface area (Å²) >= 11 is 0. The van der Waals surface area contributed by atoms with Crippen LogP contribution >= 0.6 is 0 Å². The third kappa shape index (κ3) is 3.23. The molecule has 2 rings (SSSR count). The maximum Gasteiger partial charge on any atom is 0.161 e. The molecule has 0 saturated carbocycles. The Morgan fingerprint density at radius 1 is 1.20 bits per heavy atom. The zero-order valence-electron chi connectivity index (χ0n) is 12.4. The fourth-order valence-corrected chi connectivity index (χ4v) is 1.91. The monoisotopic (exact) mass is 275 g/mol. The number of hydrogen-bond donors (Lipinski definition) is 1. The van der Waals surface area contributed by atoms with E-state index in [1.807, 2.05) is 35.3 Å². The van der Waals surface area contributed by atoms with Crippen molar-refractivity contribution in [2.75, 3.05) is 19.5 Å². The van der Waals surface area contributed by atoms with Crippen molar-refractivity contribution in [3.63, 3.8) is 0 Å². The number of nitrogens with one attached hydrogen (secondary N) is 1. The SMILES string of the molecule is COc1ccc(CNc2cnn(C(C)C)c2)cc1OC. The highest BCUT2D eigenvalue weighted by Crippen LogP contribution is 2.27. The quantitative estimate of drug-likeness (QED) is 0.880. The third-order valence-electron chi connectivity index (χ3n) is 3.08. The van der Waals surface area contributed by atoms with Crippen LogP contribution < -0.4 is 14.8 Å². The zero-order chi connectivity index (χ0) is 14.5. The van der Waals surface area contributed by atoms with Gasteiger partial charge >= 0.3 is 0 Å². The van der Waals surface area contributed by atoms with Crippen LogP contribution in [-0.4, -0.2) is 24.0 Å². The fourth-order valence-electron chi connectivity index (χ4n) is 1.91. The summed E-state index contributed by atoms with van der Waals surface area (Å²) in [5.41, 5.74) is 2.13. The standard InChI is InChI=1S/C15H21N3O2/c1-11(2)18-10-13(9-17-18)16-8-12-5-6-14(19-3)15(7-12)20-4/h5-7,9-11,16H,8H2,1-4H3. The number of benzene rings is 1. The highest BCUT2D eigenvalue weighted by Gasteiger charge is 2.05. The number of ether oxygens (including phenoxy) is 2. The van der Waals surface area contributed by atoms with Gasteiger partial charge in [0.05, 0.1) is 26.1 Å². The first-order chi connectivity index (χ1) is 9.63. The highest BCUT2D eigenvalue weighted by molar-refractivity contribution is 5.45. The van der Waals surface area contributed by atoms with Crippen LogP contribution in [0.1, 0.15) is 25.5 Å². The number of anilines is 1. The Hall–Kier alpha value is -2.17. The van der Waals surface area contributed by atoms with E-state index in [1.165, 1.54) is 0 Å². The van der Waals surface area contributed by atoms with Gasteiger partial charge in [-0.1, -0.05) is 6.07 Å². The molecule has 5 nitrogen and oxygen atoms in total. The maximum atomic E-state index is 5.30. The minimum atomic E-state index is 0.367. The van der Waals surface area contributed by atoms with Gasteiger partial charge in [-0.25, -0.2) is 0 Å². The van der Waals surface area contributed by atoms with Crippen molar-refractivity contribution >= 4 is 5.69 Å². The highest BCUT2D eigenvalue weighted by atomic mass is 16.5. The maximum absolute atomic E-state index is 5.30. The van der Waals surface area contributed by atoms with Crippen molar-refractivity contribution in [3.8, 4) is 11.5 Å². The van der Waals surface area contributed by atoms with Crippen LogP contribution in [0.4, 0.5) is 5.69 Å². The fraction of sp³-hybridized carbons (Fsp3) is 0.400. The predicted octanol–water partition coefficient (Wildman–Crippen LogP) is 3.09. The molecule has 0 saturated heterocycles. The van der Waals surface area contributed by atoms with Gasteiger partial charge in [0, 0.05) is 18.8 Å². The molecule has 0 amide bonds. The molecule has 0 bridgehead atoms. The average molecular weight is 275 g/mol. The van der Waals surface area contributed by atoms with Crippen LogP contribution in [0.5, 0.6) is 11.5 Å². The molecular formula is C15H21N3O2. The van der Waals surface area contributed by atoms with Crippen LogP contribution in [0.15, 0.2) is 30.6 Å². The molecule has 0 spiro atoms. The molecule has 1 aromatic carbocycles. The van der Waals surface area contributed by atoms with E-state index in [4.69, 9.17) is 9.47 Å². The normalized spacial score (nSPS) is 10.7. The lowest BCUT2D eigenvalue weighted by Gasteiger charge is -2.10. The molecule has 1 aromatic heterocycles. The molecule has 2 aromatic rings. The second-order valence-electron chi connectivity index (χ2n) is 4.85. The summed E-state index contributed by atoms with van der Waals surface area (Å²) in [5, 5.41) is 7.64. The van der Waals surface area contributed by atoms with Crippen LogP contribution in [0, 0.1) is 0 Å². The summed E-state index contributed by atoms with van der Waals surface area (Å²) in [6, 6.07) is 6.26.